The molecule has 3 rings (SSSR count). The number of hydrogen-bond acceptors (Lipinski definition) is 3. The molecule has 20 heavy (non-hydrogen) atoms. The van der Waals surface area contributed by atoms with Crippen LogP contribution in [0.5, 0.6) is 0 Å². The van der Waals surface area contributed by atoms with E-state index in [0.29, 0.717) is 6.04 Å². The van der Waals surface area contributed by atoms with Crippen LogP contribution >= 0.6 is 11.8 Å². The molecule has 2 aromatic rings. The van der Waals surface area contributed by atoms with Crippen LogP contribution in [0.15, 0.2) is 42.7 Å². The second kappa shape index (κ2) is 6.46. The molecule has 0 saturated heterocycles. The maximum Gasteiger partial charge on any atom is 0.0645 e. The van der Waals surface area contributed by atoms with Crippen molar-refractivity contribution in [3.63, 3.8) is 0 Å². The van der Waals surface area contributed by atoms with E-state index in [9.17, 15) is 0 Å². The van der Waals surface area contributed by atoms with E-state index in [-0.39, 0.29) is 0 Å². The van der Waals surface area contributed by atoms with Crippen LogP contribution in [0.2, 0.25) is 0 Å². The second-order valence-corrected chi connectivity index (χ2v) is 6.40. The lowest BCUT2D eigenvalue weighted by Gasteiger charge is -2.18. The molecule has 1 aliphatic rings. The normalized spacial score (nSPS) is 22.2. The molecule has 1 aromatic carbocycles. The molecule has 1 N–H and O–H groups in total. The maximum atomic E-state index is 4.44. The Bertz CT molecular complexity index is 538. The molecule has 1 aliphatic carbocycles. The largest absolute Gasteiger partial charge is 0.309 e. The summed E-state index contributed by atoms with van der Waals surface area (Å²) in [7, 11) is 0. The van der Waals surface area contributed by atoms with Gasteiger partial charge >= 0.3 is 0 Å². The third-order valence-corrected chi connectivity index (χ3v) is 5.15. The Morgan fingerprint density at radius 3 is 2.95 bits per heavy atom. The van der Waals surface area contributed by atoms with Gasteiger partial charge < -0.3 is 5.32 Å². The fourth-order valence-electron chi connectivity index (χ4n) is 2.86. The van der Waals surface area contributed by atoms with Crippen molar-refractivity contribution in [1.82, 2.24) is 15.1 Å². The van der Waals surface area contributed by atoms with E-state index in [2.05, 4.69) is 35.0 Å². The SMILES string of the molecule is CSC1CCCC1NCc1cnn(-c2ccccc2)c1. The average Bonchev–Trinajstić information content (AvgIpc) is 3.15. The van der Waals surface area contributed by atoms with Gasteiger partial charge in [-0.15, -0.1) is 0 Å². The highest BCUT2D eigenvalue weighted by Gasteiger charge is 2.25. The number of thioether (sulfide) groups is 1. The lowest BCUT2D eigenvalue weighted by Crippen LogP contribution is -2.33. The smallest absolute Gasteiger partial charge is 0.0645 e. The van der Waals surface area contributed by atoms with Crippen molar-refractivity contribution in [2.45, 2.75) is 37.1 Å². The summed E-state index contributed by atoms with van der Waals surface area (Å²) < 4.78 is 1.94. The monoisotopic (exact) mass is 287 g/mol. The van der Waals surface area contributed by atoms with E-state index < -0.39 is 0 Å². The minimum atomic E-state index is 0.657. The van der Waals surface area contributed by atoms with E-state index in [1.807, 2.05) is 40.8 Å². The van der Waals surface area contributed by atoms with Crippen LogP contribution in [0.1, 0.15) is 24.8 Å². The van der Waals surface area contributed by atoms with E-state index in [0.717, 1.165) is 17.5 Å². The molecule has 1 aromatic heterocycles. The third-order valence-electron chi connectivity index (χ3n) is 3.98. The summed E-state index contributed by atoms with van der Waals surface area (Å²) in [5.74, 6) is 0. The van der Waals surface area contributed by atoms with Gasteiger partial charge in [0.2, 0.25) is 0 Å². The standard InChI is InChI=1S/C16H21N3S/c1-20-16-9-5-8-15(16)17-10-13-11-18-19(12-13)14-6-3-2-4-7-14/h2-4,6-7,11-12,15-17H,5,8-10H2,1H3. The zero-order chi connectivity index (χ0) is 13.8. The molecule has 1 heterocycles. The van der Waals surface area contributed by atoms with Gasteiger partial charge in [-0.2, -0.15) is 16.9 Å². The summed E-state index contributed by atoms with van der Waals surface area (Å²) >= 11 is 1.99. The number of nitrogens with zero attached hydrogens (tertiary/aromatic N) is 2. The molecule has 0 spiro atoms. The second-order valence-electron chi connectivity index (χ2n) is 5.32. The maximum absolute atomic E-state index is 4.44. The summed E-state index contributed by atoms with van der Waals surface area (Å²) in [6.45, 7) is 0.911. The van der Waals surface area contributed by atoms with Gasteiger partial charge in [-0.1, -0.05) is 24.6 Å². The Kier molecular flexibility index (Phi) is 4.43. The van der Waals surface area contributed by atoms with Crippen molar-refractivity contribution in [3.8, 4) is 5.69 Å². The van der Waals surface area contributed by atoms with Crippen LogP contribution < -0.4 is 5.32 Å². The van der Waals surface area contributed by atoms with E-state index in [4.69, 9.17) is 0 Å². The van der Waals surface area contributed by atoms with Crippen molar-refractivity contribution in [2.24, 2.45) is 0 Å². The summed E-state index contributed by atoms with van der Waals surface area (Å²) in [6.07, 6.45) is 10.3. The molecule has 3 nitrogen and oxygen atoms in total. The molecule has 1 saturated carbocycles. The number of hydrogen-bond donors (Lipinski definition) is 1. The Morgan fingerprint density at radius 1 is 1.30 bits per heavy atom. The van der Waals surface area contributed by atoms with Crippen molar-refractivity contribution in [3.05, 3.63) is 48.3 Å². The molecule has 106 valence electrons. The first kappa shape index (κ1) is 13.7. The Hall–Kier alpha value is -1.26. The zero-order valence-electron chi connectivity index (χ0n) is 11.8. The highest BCUT2D eigenvalue weighted by molar-refractivity contribution is 7.99. The first-order valence-electron chi connectivity index (χ1n) is 7.22. The van der Waals surface area contributed by atoms with Crippen molar-refractivity contribution < 1.29 is 0 Å². The third kappa shape index (κ3) is 3.07. The minimum absolute atomic E-state index is 0.657. The number of aromatic nitrogens is 2. The predicted molar refractivity (Wildman–Crippen MR) is 85.3 cm³/mol. The Balaban J connectivity index is 1.60. The molecular formula is C16H21N3S. The Morgan fingerprint density at radius 2 is 2.15 bits per heavy atom. The number of para-hydroxylation sites is 1. The van der Waals surface area contributed by atoms with Gasteiger partial charge in [0.25, 0.3) is 0 Å². The van der Waals surface area contributed by atoms with Crippen LogP contribution in [0.3, 0.4) is 0 Å². The Labute approximate surface area is 124 Å². The van der Waals surface area contributed by atoms with Gasteiger partial charge in [-0.25, -0.2) is 4.68 Å². The van der Waals surface area contributed by atoms with E-state index in [1.54, 1.807) is 0 Å². The summed E-state index contributed by atoms with van der Waals surface area (Å²) in [5, 5.41) is 8.91. The van der Waals surface area contributed by atoms with Crippen LogP contribution in [0, 0.1) is 0 Å². The van der Waals surface area contributed by atoms with Crippen LogP contribution in [-0.2, 0) is 6.54 Å². The van der Waals surface area contributed by atoms with E-state index in [1.165, 1.54) is 24.8 Å². The molecule has 2 unspecified atom stereocenters. The number of rotatable bonds is 5. The zero-order valence-corrected chi connectivity index (χ0v) is 12.6. The highest BCUT2D eigenvalue weighted by atomic mass is 32.2. The summed E-state index contributed by atoms with van der Waals surface area (Å²) in [5.41, 5.74) is 2.36. The summed E-state index contributed by atoms with van der Waals surface area (Å²) in [4.78, 5) is 0. The predicted octanol–water partition coefficient (Wildman–Crippen LogP) is 3.25. The average molecular weight is 287 g/mol. The molecule has 1 fully saturated rings. The first-order valence-corrected chi connectivity index (χ1v) is 8.51. The molecular weight excluding hydrogens is 266 g/mol. The van der Waals surface area contributed by atoms with Crippen molar-refractivity contribution in [2.75, 3.05) is 6.26 Å². The lowest BCUT2D eigenvalue weighted by molar-refractivity contribution is 0.532. The van der Waals surface area contributed by atoms with Crippen LogP contribution in [0.25, 0.3) is 5.69 Å². The molecule has 0 radical (unpaired) electrons. The van der Waals surface area contributed by atoms with Crippen LogP contribution in [-0.4, -0.2) is 27.3 Å². The molecule has 0 bridgehead atoms. The fourth-order valence-corrected chi connectivity index (χ4v) is 3.83. The highest BCUT2D eigenvalue weighted by Crippen LogP contribution is 2.28. The minimum Gasteiger partial charge on any atom is -0.309 e. The molecule has 2 atom stereocenters. The molecule has 4 heteroatoms. The molecule has 0 aliphatic heterocycles. The van der Waals surface area contributed by atoms with Gasteiger partial charge in [-0.05, 0) is 31.2 Å². The van der Waals surface area contributed by atoms with Gasteiger partial charge in [0.05, 0.1) is 11.9 Å². The van der Waals surface area contributed by atoms with E-state index >= 15 is 0 Å². The van der Waals surface area contributed by atoms with Crippen LogP contribution in [0.4, 0.5) is 0 Å². The van der Waals surface area contributed by atoms with Crippen molar-refractivity contribution >= 4 is 11.8 Å². The quantitative estimate of drug-likeness (QED) is 0.915. The fraction of sp³-hybridized carbons (Fsp3) is 0.438. The lowest BCUT2D eigenvalue weighted by atomic mass is 10.2. The van der Waals surface area contributed by atoms with Gasteiger partial charge in [-0.3, -0.25) is 0 Å². The van der Waals surface area contributed by atoms with Crippen molar-refractivity contribution in [1.29, 1.82) is 0 Å². The number of nitrogens with one attached hydrogen (secondary N) is 1. The van der Waals surface area contributed by atoms with Gasteiger partial charge in [0.1, 0.15) is 0 Å². The topological polar surface area (TPSA) is 29.9 Å². The number of benzene rings is 1. The molecule has 0 amide bonds. The van der Waals surface area contributed by atoms with Gasteiger partial charge in [0.15, 0.2) is 0 Å². The first-order chi connectivity index (χ1) is 9.86. The van der Waals surface area contributed by atoms with Gasteiger partial charge in [0, 0.05) is 29.6 Å². The summed E-state index contributed by atoms with van der Waals surface area (Å²) in [6, 6.07) is 10.9.